The van der Waals surface area contributed by atoms with E-state index in [1.54, 1.807) is 11.0 Å². The van der Waals surface area contributed by atoms with E-state index in [2.05, 4.69) is 21.8 Å². The van der Waals surface area contributed by atoms with Crippen molar-refractivity contribution in [2.24, 2.45) is 0 Å². The third-order valence-electron chi connectivity index (χ3n) is 7.60. The molecule has 0 aliphatic heterocycles. The van der Waals surface area contributed by atoms with Crippen molar-refractivity contribution in [3.8, 4) is 0 Å². The zero-order valence-electron chi connectivity index (χ0n) is 18.7. The molecular weight excluding hydrogens is 406 g/mol. The first-order chi connectivity index (χ1) is 15.4. The number of oxazole rings is 1. The molecule has 0 unspecified atom stereocenters. The number of nitrogens with zero attached hydrogens (tertiary/aromatic N) is 4. The summed E-state index contributed by atoms with van der Waals surface area (Å²) in [5.41, 5.74) is 4.67. The highest BCUT2D eigenvalue weighted by Crippen LogP contribution is 2.62. The van der Waals surface area contributed by atoms with Gasteiger partial charge in [-0.05, 0) is 57.2 Å². The van der Waals surface area contributed by atoms with Crippen LogP contribution in [0.4, 0.5) is 4.39 Å². The van der Waals surface area contributed by atoms with E-state index in [0.717, 1.165) is 41.6 Å². The Labute approximate surface area is 187 Å². The van der Waals surface area contributed by atoms with Crippen LogP contribution in [0.2, 0.25) is 0 Å². The lowest BCUT2D eigenvalue weighted by molar-refractivity contribution is 0.0592. The van der Waals surface area contributed by atoms with Crippen LogP contribution in [-0.2, 0) is 5.41 Å². The van der Waals surface area contributed by atoms with Gasteiger partial charge in [0.15, 0.2) is 0 Å². The van der Waals surface area contributed by atoms with Crippen molar-refractivity contribution in [3.63, 3.8) is 0 Å². The number of amides is 1. The monoisotopic (exact) mass is 432 g/mol. The second-order valence-corrected chi connectivity index (χ2v) is 8.97. The van der Waals surface area contributed by atoms with Crippen LogP contribution >= 0.6 is 0 Å². The Morgan fingerprint density at radius 2 is 2.28 bits per heavy atom. The average Bonchev–Trinajstić information content (AvgIpc) is 3.48. The Morgan fingerprint density at radius 1 is 1.47 bits per heavy atom. The third-order valence-corrected chi connectivity index (χ3v) is 7.60. The van der Waals surface area contributed by atoms with Gasteiger partial charge in [-0.2, -0.15) is 10.2 Å². The first-order valence-electron chi connectivity index (χ1n) is 11.2. The predicted molar refractivity (Wildman–Crippen MR) is 121 cm³/mol. The van der Waals surface area contributed by atoms with Crippen LogP contribution < -0.4 is 0 Å². The summed E-state index contributed by atoms with van der Waals surface area (Å²) in [6.45, 7) is 8.95. The van der Waals surface area contributed by atoms with E-state index in [4.69, 9.17) is 4.42 Å². The molecule has 3 aliphatic carbocycles. The molecule has 1 fully saturated rings. The number of carbonyl (C=O) groups excluding carboxylic acids is 1. The smallest absolute Gasteiger partial charge is 0.309 e. The van der Waals surface area contributed by atoms with Crippen molar-refractivity contribution in [2.75, 3.05) is 6.54 Å². The maximum atomic E-state index is 14.6. The molecule has 2 heterocycles. The van der Waals surface area contributed by atoms with E-state index in [-0.39, 0.29) is 29.6 Å². The van der Waals surface area contributed by atoms with Gasteiger partial charge in [0.1, 0.15) is 19.9 Å². The van der Waals surface area contributed by atoms with E-state index < -0.39 is 5.41 Å². The van der Waals surface area contributed by atoms with Gasteiger partial charge in [0.25, 0.3) is 5.89 Å². The van der Waals surface area contributed by atoms with Crippen LogP contribution in [0.3, 0.4) is 0 Å². The quantitative estimate of drug-likeness (QED) is 0.533. The minimum absolute atomic E-state index is 0.0804. The van der Waals surface area contributed by atoms with E-state index in [0.29, 0.717) is 24.2 Å². The summed E-state index contributed by atoms with van der Waals surface area (Å²) in [4.78, 5) is 18.9. The largest absolute Gasteiger partial charge is 0.441 e. The average molecular weight is 432 g/mol. The maximum absolute atomic E-state index is 14.6. The summed E-state index contributed by atoms with van der Waals surface area (Å²) in [6.07, 6.45) is 7.83. The molecule has 0 saturated heterocycles. The summed E-state index contributed by atoms with van der Waals surface area (Å²) < 4.78 is 19.9. The molecule has 1 amide bonds. The van der Waals surface area contributed by atoms with E-state index in [1.807, 2.05) is 27.8 Å². The topological polar surface area (TPSA) is 72.1 Å². The lowest BCUT2D eigenvalue weighted by Crippen LogP contribution is -2.51. The number of aromatic nitrogens is 3. The fourth-order valence-electron chi connectivity index (χ4n) is 5.95. The predicted octanol–water partition coefficient (Wildman–Crippen LogP) is 3.69. The molecule has 3 atom stereocenters. The van der Waals surface area contributed by atoms with Gasteiger partial charge in [-0.25, -0.2) is 9.37 Å². The molecule has 0 spiro atoms. The van der Waals surface area contributed by atoms with Crippen molar-refractivity contribution < 1.29 is 13.6 Å². The Kier molecular flexibility index (Phi) is 4.91. The molecule has 32 heavy (non-hydrogen) atoms. The molecule has 2 bridgehead atoms. The molecule has 164 valence electrons. The number of halogens is 1. The van der Waals surface area contributed by atoms with Crippen LogP contribution in [0, 0.1) is 0 Å². The zero-order valence-corrected chi connectivity index (χ0v) is 18.7. The van der Waals surface area contributed by atoms with Crippen LogP contribution in [-0.4, -0.2) is 46.4 Å². The van der Waals surface area contributed by atoms with Crippen molar-refractivity contribution in [1.29, 1.82) is 0 Å². The van der Waals surface area contributed by atoms with Gasteiger partial charge >= 0.3 is 5.91 Å². The van der Waals surface area contributed by atoms with E-state index >= 15 is 0 Å². The summed E-state index contributed by atoms with van der Waals surface area (Å²) in [6, 6.07) is 1.80. The van der Waals surface area contributed by atoms with Crippen molar-refractivity contribution >= 4 is 19.3 Å². The highest BCUT2D eigenvalue weighted by atomic mass is 19.1. The fourth-order valence-corrected chi connectivity index (χ4v) is 5.95. The first kappa shape index (κ1) is 20.9. The number of hydrogen-bond donors (Lipinski definition) is 0. The Morgan fingerprint density at radius 3 is 2.97 bits per heavy atom. The summed E-state index contributed by atoms with van der Waals surface area (Å²) in [5, 5.41) is 9.12. The Hall–Kier alpha value is -3.03. The van der Waals surface area contributed by atoms with Gasteiger partial charge in [0.2, 0.25) is 0 Å². The molecule has 0 aromatic carbocycles. The second-order valence-electron chi connectivity index (χ2n) is 8.97. The van der Waals surface area contributed by atoms with Gasteiger partial charge in [-0.15, -0.1) is 0 Å². The minimum Gasteiger partial charge on any atom is -0.441 e. The van der Waals surface area contributed by atoms with Crippen molar-refractivity contribution in [2.45, 2.75) is 56.9 Å². The summed E-state index contributed by atoms with van der Waals surface area (Å²) in [5.74, 6) is -0.240. The number of fused-ring (bicyclic) bond motifs is 5. The molecule has 0 radical (unpaired) electrons. The molecule has 2 aromatic heterocycles. The molecule has 8 heteroatoms. The molecule has 3 aliphatic rings. The van der Waals surface area contributed by atoms with Crippen molar-refractivity contribution in [1.82, 2.24) is 20.1 Å². The molecule has 2 aromatic rings. The second kappa shape index (κ2) is 7.54. The Bertz CT molecular complexity index is 1170. The molecule has 5 rings (SSSR count). The van der Waals surface area contributed by atoms with Crippen molar-refractivity contribution in [3.05, 3.63) is 70.9 Å². The van der Waals surface area contributed by atoms with E-state index in [1.165, 1.54) is 12.5 Å². The summed E-state index contributed by atoms with van der Waals surface area (Å²) >= 11 is 0. The SMILES string of the molecule is BC1=C(c2cc3c(nn2)[C@@]2([C@H](C)N(CC)C(=O)c4ncco4)CC[C@@H]3C2=C)C(F)=CCC1. The fraction of sp³-hybridized carbons (Fsp3) is 0.417. The van der Waals surface area contributed by atoms with Crippen LogP contribution in [0.5, 0.6) is 0 Å². The number of carbonyl (C=O) groups is 1. The number of hydrogen-bond acceptors (Lipinski definition) is 5. The number of rotatable bonds is 5. The number of likely N-dealkylation sites (N-methyl/N-ethyl adjacent to an activating group) is 1. The van der Waals surface area contributed by atoms with Crippen LogP contribution in [0.1, 0.15) is 73.1 Å². The highest BCUT2D eigenvalue weighted by Gasteiger charge is 2.58. The van der Waals surface area contributed by atoms with Gasteiger partial charge in [0, 0.05) is 24.1 Å². The first-order valence-corrected chi connectivity index (χ1v) is 11.2. The summed E-state index contributed by atoms with van der Waals surface area (Å²) in [7, 11) is 1.96. The highest BCUT2D eigenvalue weighted by molar-refractivity contribution is 6.26. The lowest BCUT2D eigenvalue weighted by atomic mass is 9.74. The van der Waals surface area contributed by atoms with Gasteiger partial charge in [0.05, 0.1) is 23.0 Å². The van der Waals surface area contributed by atoms with Gasteiger partial charge in [-0.1, -0.05) is 17.6 Å². The van der Waals surface area contributed by atoms with Crippen LogP contribution in [0.25, 0.3) is 5.57 Å². The zero-order chi connectivity index (χ0) is 22.6. The molecule has 1 saturated carbocycles. The van der Waals surface area contributed by atoms with Crippen LogP contribution in [0.15, 0.2) is 52.5 Å². The minimum atomic E-state index is -0.478. The molecule has 6 nitrogen and oxygen atoms in total. The van der Waals surface area contributed by atoms with Gasteiger partial charge < -0.3 is 9.32 Å². The van der Waals surface area contributed by atoms with E-state index in [9.17, 15) is 9.18 Å². The standard InChI is InChI=1S/C24H26BFN4O2/c1-4-30(23(31)22-27-10-11-32-22)14(3)24-9-8-15(13(24)2)16-12-19(28-29-21(16)24)20-17(25)6-5-7-18(20)26/h7,10-12,14-15H,2,4-6,8-9,25H2,1,3H3/t14-,15+,24-/m0/s1. The normalized spacial score (nSPS) is 25.0. The maximum Gasteiger partial charge on any atom is 0.309 e. The molecular formula is C24H26BFN4O2. The van der Waals surface area contributed by atoms with Gasteiger partial charge in [-0.3, -0.25) is 4.79 Å². The third kappa shape index (κ3) is 2.78. The Balaban J connectivity index is 1.56. The lowest BCUT2D eigenvalue weighted by Gasteiger charge is -2.40. The number of allylic oxidation sites excluding steroid dienone is 4. The molecule has 0 N–H and O–H groups in total.